The molecule has 21 heavy (non-hydrogen) atoms. The first-order chi connectivity index (χ1) is 10.2. The summed E-state index contributed by atoms with van der Waals surface area (Å²) in [5.74, 6) is 2.25. The number of rotatable bonds is 2. The zero-order chi connectivity index (χ0) is 14.4. The Morgan fingerprint density at radius 2 is 2.10 bits per heavy atom. The number of ether oxygens (including phenoxy) is 2. The van der Waals surface area contributed by atoms with Crippen LogP contribution in [0.5, 0.6) is 11.5 Å². The van der Waals surface area contributed by atoms with Gasteiger partial charge in [0.1, 0.15) is 0 Å². The summed E-state index contributed by atoms with van der Waals surface area (Å²) in [6.07, 6.45) is 7.28. The molecule has 0 saturated carbocycles. The van der Waals surface area contributed by atoms with Gasteiger partial charge in [0.05, 0.1) is 6.04 Å². The SMILES string of the molecule is O=C1C[C@H]2CCC=C[C@H]2N1Cc1cc2c(cc1Br)OCO2. The quantitative estimate of drug-likeness (QED) is 0.769. The van der Waals surface area contributed by atoms with Crippen LogP contribution in [-0.4, -0.2) is 23.6 Å². The number of amides is 1. The van der Waals surface area contributed by atoms with Crippen molar-refractivity contribution in [1.82, 2.24) is 4.90 Å². The maximum absolute atomic E-state index is 12.3. The molecule has 2 aliphatic heterocycles. The van der Waals surface area contributed by atoms with E-state index in [2.05, 4.69) is 28.1 Å². The van der Waals surface area contributed by atoms with E-state index >= 15 is 0 Å². The van der Waals surface area contributed by atoms with Crippen LogP contribution in [0, 0.1) is 5.92 Å². The molecule has 0 radical (unpaired) electrons. The Balaban J connectivity index is 1.62. The van der Waals surface area contributed by atoms with Gasteiger partial charge in [-0.1, -0.05) is 28.1 Å². The van der Waals surface area contributed by atoms with Crippen LogP contribution in [0.4, 0.5) is 0 Å². The second-order valence-electron chi connectivity index (χ2n) is 5.78. The van der Waals surface area contributed by atoms with Gasteiger partial charge in [-0.3, -0.25) is 4.79 Å². The molecule has 1 fully saturated rings. The summed E-state index contributed by atoms with van der Waals surface area (Å²) in [6, 6.07) is 4.15. The number of carbonyl (C=O) groups excluding carboxylic acids is 1. The Bertz CT molecular complexity index is 628. The van der Waals surface area contributed by atoms with E-state index in [1.807, 2.05) is 17.0 Å². The predicted molar refractivity (Wildman–Crippen MR) is 81.1 cm³/mol. The Hall–Kier alpha value is -1.49. The van der Waals surface area contributed by atoms with Crippen LogP contribution >= 0.6 is 15.9 Å². The van der Waals surface area contributed by atoms with Gasteiger partial charge in [-0.2, -0.15) is 0 Å². The number of halogens is 1. The summed E-state index contributed by atoms with van der Waals surface area (Å²) in [5, 5.41) is 0. The van der Waals surface area contributed by atoms with E-state index in [0.717, 1.165) is 34.4 Å². The Morgan fingerprint density at radius 3 is 2.95 bits per heavy atom. The molecule has 0 N–H and O–H groups in total. The van der Waals surface area contributed by atoms with Crippen LogP contribution in [0.15, 0.2) is 28.8 Å². The Kier molecular flexibility index (Phi) is 3.17. The highest BCUT2D eigenvalue weighted by atomic mass is 79.9. The van der Waals surface area contributed by atoms with Gasteiger partial charge >= 0.3 is 0 Å². The van der Waals surface area contributed by atoms with E-state index in [9.17, 15) is 4.79 Å². The van der Waals surface area contributed by atoms with Gasteiger partial charge in [0.25, 0.3) is 0 Å². The first-order valence-electron chi connectivity index (χ1n) is 7.26. The molecule has 0 unspecified atom stereocenters. The standard InChI is InChI=1S/C16H16BrNO3/c17-12-7-15-14(20-9-21-15)5-11(12)8-18-13-4-2-1-3-10(13)6-16(18)19/h2,4-5,7,10,13H,1,3,6,8-9H2/t10-,13-/m1/s1. The third-order valence-electron chi connectivity index (χ3n) is 4.52. The molecule has 5 heteroatoms. The topological polar surface area (TPSA) is 38.8 Å². The Morgan fingerprint density at radius 1 is 1.29 bits per heavy atom. The van der Waals surface area contributed by atoms with E-state index in [0.29, 0.717) is 18.9 Å². The van der Waals surface area contributed by atoms with Crippen molar-refractivity contribution < 1.29 is 14.3 Å². The van der Waals surface area contributed by atoms with Gasteiger partial charge in [0.15, 0.2) is 11.5 Å². The summed E-state index contributed by atoms with van der Waals surface area (Å²) in [7, 11) is 0. The second kappa shape index (κ2) is 5.05. The minimum Gasteiger partial charge on any atom is -0.454 e. The fraction of sp³-hybridized carbons (Fsp3) is 0.438. The summed E-state index contributed by atoms with van der Waals surface area (Å²) in [6.45, 7) is 0.878. The van der Waals surface area contributed by atoms with Crippen molar-refractivity contribution in [3.05, 3.63) is 34.3 Å². The Labute approximate surface area is 131 Å². The average molecular weight is 350 g/mol. The highest BCUT2D eigenvalue weighted by Gasteiger charge is 2.39. The molecular formula is C16H16BrNO3. The van der Waals surface area contributed by atoms with Crippen LogP contribution in [0.3, 0.4) is 0 Å². The third-order valence-corrected chi connectivity index (χ3v) is 5.26. The van der Waals surface area contributed by atoms with Crippen LogP contribution in [0.2, 0.25) is 0 Å². The summed E-state index contributed by atoms with van der Waals surface area (Å²) >= 11 is 3.57. The lowest BCUT2D eigenvalue weighted by atomic mass is 9.90. The first-order valence-corrected chi connectivity index (χ1v) is 8.06. The van der Waals surface area contributed by atoms with Crippen molar-refractivity contribution >= 4 is 21.8 Å². The van der Waals surface area contributed by atoms with Gasteiger partial charge in [-0.15, -0.1) is 0 Å². The summed E-state index contributed by atoms with van der Waals surface area (Å²) in [5.41, 5.74) is 1.06. The van der Waals surface area contributed by atoms with Crippen molar-refractivity contribution in [2.24, 2.45) is 5.92 Å². The number of hydrogen-bond acceptors (Lipinski definition) is 3. The third kappa shape index (κ3) is 2.24. The van der Waals surface area contributed by atoms with Gasteiger partial charge in [-0.05, 0) is 36.5 Å². The summed E-state index contributed by atoms with van der Waals surface area (Å²) in [4.78, 5) is 14.3. The molecule has 4 nitrogen and oxygen atoms in total. The molecule has 2 atom stereocenters. The molecule has 0 spiro atoms. The van der Waals surface area contributed by atoms with Gasteiger partial charge in [0.2, 0.25) is 12.7 Å². The smallest absolute Gasteiger partial charge is 0.231 e. The maximum atomic E-state index is 12.3. The van der Waals surface area contributed by atoms with Crippen LogP contribution in [0.25, 0.3) is 0 Å². The summed E-state index contributed by atoms with van der Waals surface area (Å²) < 4.78 is 11.8. The highest BCUT2D eigenvalue weighted by Crippen LogP contribution is 2.39. The van der Waals surface area contributed by atoms with E-state index in [-0.39, 0.29) is 18.7 Å². The van der Waals surface area contributed by atoms with Crippen LogP contribution in [0.1, 0.15) is 24.8 Å². The number of likely N-dealkylation sites (tertiary alicyclic amines) is 1. The lowest BCUT2D eigenvalue weighted by molar-refractivity contribution is -0.129. The lowest BCUT2D eigenvalue weighted by Gasteiger charge is -2.28. The average Bonchev–Trinajstić information content (AvgIpc) is 3.04. The molecule has 4 rings (SSSR count). The van der Waals surface area contributed by atoms with Crippen molar-refractivity contribution in [1.29, 1.82) is 0 Å². The minimum atomic E-state index is 0.251. The molecule has 1 aliphatic carbocycles. The number of allylic oxidation sites excluding steroid dienone is 1. The van der Waals surface area contributed by atoms with Gasteiger partial charge in [0, 0.05) is 17.4 Å². The first kappa shape index (κ1) is 13.2. The van der Waals surface area contributed by atoms with Crippen molar-refractivity contribution in [2.75, 3.05) is 6.79 Å². The number of nitrogens with zero attached hydrogens (tertiary/aromatic N) is 1. The lowest BCUT2D eigenvalue weighted by Crippen LogP contribution is -2.34. The van der Waals surface area contributed by atoms with E-state index in [1.165, 1.54) is 0 Å². The zero-order valence-corrected chi connectivity index (χ0v) is 13.1. The molecular weight excluding hydrogens is 334 g/mol. The number of benzene rings is 1. The molecule has 0 aromatic heterocycles. The van der Waals surface area contributed by atoms with E-state index in [1.54, 1.807) is 0 Å². The van der Waals surface area contributed by atoms with Gasteiger partial charge in [-0.25, -0.2) is 0 Å². The van der Waals surface area contributed by atoms with Crippen LogP contribution in [-0.2, 0) is 11.3 Å². The largest absolute Gasteiger partial charge is 0.454 e. The molecule has 1 amide bonds. The zero-order valence-electron chi connectivity index (χ0n) is 11.5. The fourth-order valence-corrected chi connectivity index (χ4v) is 3.87. The van der Waals surface area contributed by atoms with Crippen molar-refractivity contribution in [3.8, 4) is 11.5 Å². The van der Waals surface area contributed by atoms with Crippen LogP contribution < -0.4 is 9.47 Å². The molecule has 1 aromatic carbocycles. The molecule has 0 bridgehead atoms. The number of fused-ring (bicyclic) bond motifs is 2. The second-order valence-corrected chi connectivity index (χ2v) is 6.63. The maximum Gasteiger partial charge on any atom is 0.231 e. The molecule has 110 valence electrons. The predicted octanol–water partition coefficient (Wildman–Crippen LogP) is 3.24. The van der Waals surface area contributed by atoms with Gasteiger partial charge < -0.3 is 14.4 Å². The van der Waals surface area contributed by atoms with Crippen molar-refractivity contribution in [2.45, 2.75) is 31.8 Å². The minimum absolute atomic E-state index is 0.251. The fourth-order valence-electron chi connectivity index (χ4n) is 3.42. The molecule has 2 heterocycles. The molecule has 1 aromatic rings. The normalized spacial score (nSPS) is 26.3. The van der Waals surface area contributed by atoms with E-state index in [4.69, 9.17) is 9.47 Å². The highest BCUT2D eigenvalue weighted by molar-refractivity contribution is 9.10. The van der Waals surface area contributed by atoms with Crippen molar-refractivity contribution in [3.63, 3.8) is 0 Å². The molecule has 3 aliphatic rings. The number of carbonyl (C=O) groups is 1. The number of hydrogen-bond donors (Lipinski definition) is 0. The van der Waals surface area contributed by atoms with E-state index < -0.39 is 0 Å². The molecule has 1 saturated heterocycles. The monoisotopic (exact) mass is 349 g/mol.